The number of anilines is 1. The molecule has 140 valence electrons. The van der Waals surface area contributed by atoms with Crippen LogP contribution in [0, 0.1) is 6.92 Å². The fourth-order valence-electron chi connectivity index (χ4n) is 3.79. The summed E-state index contributed by atoms with van der Waals surface area (Å²) in [5, 5.41) is 11.0. The lowest BCUT2D eigenvalue weighted by atomic mass is 10.1. The zero-order valence-corrected chi connectivity index (χ0v) is 17.1. The lowest BCUT2D eigenvalue weighted by molar-refractivity contribution is 0.261. The number of pyridine rings is 1. The number of rotatable bonds is 4. The number of hydrogen-bond acceptors (Lipinski definition) is 4. The summed E-state index contributed by atoms with van der Waals surface area (Å²) in [6.07, 6.45) is 0.949. The third-order valence-corrected chi connectivity index (χ3v) is 5.68. The molecule has 0 saturated carbocycles. The summed E-state index contributed by atoms with van der Waals surface area (Å²) in [6, 6.07) is 16.4. The van der Waals surface area contributed by atoms with E-state index < -0.39 is 0 Å². The Bertz CT molecular complexity index is 931. The highest BCUT2D eigenvalue weighted by molar-refractivity contribution is 9.10. The van der Waals surface area contributed by atoms with Crippen molar-refractivity contribution in [3.63, 3.8) is 0 Å². The third kappa shape index (κ3) is 4.25. The van der Waals surface area contributed by atoms with E-state index in [2.05, 4.69) is 67.1 Å². The van der Waals surface area contributed by atoms with Gasteiger partial charge in [-0.05, 0) is 61.4 Å². The molecule has 4 nitrogen and oxygen atoms in total. The monoisotopic (exact) mass is 425 g/mol. The number of nitrogens with zero attached hydrogens (tertiary/aromatic N) is 3. The third-order valence-electron chi connectivity index (χ3n) is 5.22. The molecule has 0 unspecified atom stereocenters. The molecule has 0 amide bonds. The second-order valence-electron chi connectivity index (χ2n) is 7.19. The zero-order chi connectivity index (χ0) is 18.8. The number of aromatic hydroxyl groups is 1. The summed E-state index contributed by atoms with van der Waals surface area (Å²) < 4.78 is 0.933. The van der Waals surface area contributed by atoms with Crippen molar-refractivity contribution in [1.82, 2.24) is 9.88 Å². The Morgan fingerprint density at radius 1 is 1.04 bits per heavy atom. The molecular formula is C22H24BrN3O. The number of hydrogen-bond donors (Lipinski definition) is 1. The highest BCUT2D eigenvalue weighted by Gasteiger charge is 2.18. The minimum atomic E-state index is 0.323. The maximum absolute atomic E-state index is 9.74. The van der Waals surface area contributed by atoms with E-state index in [0.29, 0.717) is 5.75 Å². The van der Waals surface area contributed by atoms with Gasteiger partial charge in [-0.15, -0.1) is 0 Å². The van der Waals surface area contributed by atoms with E-state index in [0.717, 1.165) is 54.8 Å². The molecule has 1 N–H and O–H groups in total. The predicted octanol–water partition coefficient (Wildman–Crippen LogP) is 4.38. The molecule has 0 atom stereocenters. The van der Waals surface area contributed by atoms with Gasteiger partial charge in [0.15, 0.2) is 0 Å². The van der Waals surface area contributed by atoms with E-state index in [1.165, 1.54) is 16.6 Å². The molecule has 3 aromatic rings. The fraction of sp³-hybridized carbons (Fsp3) is 0.318. The number of phenolic OH excluding ortho intramolecular Hbond substituents is 1. The van der Waals surface area contributed by atoms with E-state index in [9.17, 15) is 5.11 Å². The summed E-state index contributed by atoms with van der Waals surface area (Å²) in [4.78, 5) is 9.64. The molecule has 1 aliphatic rings. The minimum absolute atomic E-state index is 0.323. The summed E-state index contributed by atoms with van der Waals surface area (Å²) >= 11 is 3.45. The minimum Gasteiger partial charge on any atom is -0.508 e. The van der Waals surface area contributed by atoms with Gasteiger partial charge in [0.2, 0.25) is 0 Å². The largest absolute Gasteiger partial charge is 0.508 e. The summed E-state index contributed by atoms with van der Waals surface area (Å²) in [5.74, 6) is 0.323. The van der Waals surface area contributed by atoms with Crippen LogP contribution in [0.3, 0.4) is 0 Å². The van der Waals surface area contributed by atoms with Crippen molar-refractivity contribution in [2.24, 2.45) is 0 Å². The van der Waals surface area contributed by atoms with Crippen LogP contribution in [0.4, 0.5) is 5.69 Å². The van der Waals surface area contributed by atoms with Gasteiger partial charge in [-0.25, -0.2) is 0 Å². The Labute approximate surface area is 168 Å². The lowest BCUT2D eigenvalue weighted by Gasteiger charge is -2.36. The maximum atomic E-state index is 9.74. The first-order valence-electron chi connectivity index (χ1n) is 9.40. The van der Waals surface area contributed by atoms with Gasteiger partial charge < -0.3 is 10.0 Å². The fourth-order valence-corrected chi connectivity index (χ4v) is 4.32. The summed E-state index contributed by atoms with van der Waals surface area (Å²) in [7, 11) is 0. The molecule has 1 saturated heterocycles. The van der Waals surface area contributed by atoms with Crippen LogP contribution in [0.2, 0.25) is 0 Å². The van der Waals surface area contributed by atoms with Crippen molar-refractivity contribution in [3.05, 3.63) is 64.3 Å². The number of aryl methyl sites for hydroxylation is 1. The molecule has 27 heavy (non-hydrogen) atoms. The molecule has 0 aliphatic carbocycles. The molecule has 0 bridgehead atoms. The first kappa shape index (κ1) is 18.3. The van der Waals surface area contributed by atoms with E-state index in [-0.39, 0.29) is 0 Å². The van der Waals surface area contributed by atoms with Gasteiger partial charge in [0.25, 0.3) is 0 Å². The highest BCUT2D eigenvalue weighted by atomic mass is 79.9. The van der Waals surface area contributed by atoms with Crippen molar-refractivity contribution < 1.29 is 5.11 Å². The average molecular weight is 426 g/mol. The Hall–Kier alpha value is -2.11. The van der Waals surface area contributed by atoms with E-state index in [4.69, 9.17) is 0 Å². The molecule has 2 heterocycles. The normalized spacial score (nSPS) is 15.4. The van der Waals surface area contributed by atoms with Crippen molar-refractivity contribution >= 4 is 32.5 Å². The number of halogens is 1. The van der Waals surface area contributed by atoms with Gasteiger partial charge in [0, 0.05) is 54.0 Å². The maximum Gasteiger partial charge on any atom is 0.116 e. The quantitative estimate of drug-likeness (QED) is 0.673. The van der Waals surface area contributed by atoms with Crippen LogP contribution >= 0.6 is 15.9 Å². The van der Waals surface area contributed by atoms with Crippen molar-refractivity contribution in [2.75, 3.05) is 37.6 Å². The second kappa shape index (κ2) is 7.87. The Balaban J connectivity index is 1.39. The summed E-state index contributed by atoms with van der Waals surface area (Å²) in [6.45, 7) is 7.20. The number of phenols is 1. The molecule has 4 rings (SSSR count). The molecule has 0 radical (unpaired) electrons. The Morgan fingerprint density at radius 3 is 2.63 bits per heavy atom. The predicted molar refractivity (Wildman–Crippen MR) is 115 cm³/mol. The van der Waals surface area contributed by atoms with Crippen LogP contribution in [0.15, 0.2) is 53.0 Å². The average Bonchev–Trinajstić information content (AvgIpc) is 2.65. The van der Waals surface area contributed by atoms with Crippen molar-refractivity contribution in [3.8, 4) is 5.75 Å². The first-order valence-corrected chi connectivity index (χ1v) is 10.2. The topological polar surface area (TPSA) is 39.6 Å². The highest BCUT2D eigenvalue weighted by Crippen LogP contribution is 2.27. The zero-order valence-electron chi connectivity index (χ0n) is 15.5. The van der Waals surface area contributed by atoms with Gasteiger partial charge in [0.05, 0.1) is 5.52 Å². The molecule has 1 aliphatic heterocycles. The first-order chi connectivity index (χ1) is 13.1. The van der Waals surface area contributed by atoms with E-state index in [1.54, 1.807) is 6.07 Å². The van der Waals surface area contributed by atoms with Crippen LogP contribution < -0.4 is 4.90 Å². The van der Waals surface area contributed by atoms with Crippen molar-refractivity contribution in [2.45, 2.75) is 13.3 Å². The van der Waals surface area contributed by atoms with Gasteiger partial charge in [-0.2, -0.15) is 0 Å². The van der Waals surface area contributed by atoms with E-state index in [1.807, 2.05) is 13.0 Å². The number of fused-ring (bicyclic) bond motifs is 1. The van der Waals surface area contributed by atoms with Crippen LogP contribution in [0.25, 0.3) is 10.9 Å². The van der Waals surface area contributed by atoms with Gasteiger partial charge >= 0.3 is 0 Å². The lowest BCUT2D eigenvalue weighted by Crippen LogP contribution is -2.47. The molecule has 1 fully saturated rings. The second-order valence-corrected chi connectivity index (χ2v) is 8.11. The standard InChI is InChI=1S/C22H24BrN3O/c1-16-5-6-20-21(24-16)3-2-4-22(20)26-11-9-25(10-12-26)8-7-17-13-18(23)15-19(27)14-17/h2-6,13-15,27H,7-12H2,1H3. The van der Waals surface area contributed by atoms with Crippen LogP contribution in [-0.2, 0) is 6.42 Å². The van der Waals surface area contributed by atoms with Gasteiger partial charge in [-0.3, -0.25) is 9.88 Å². The van der Waals surface area contributed by atoms with Gasteiger partial charge in [0.1, 0.15) is 5.75 Å². The molecule has 2 aromatic carbocycles. The van der Waals surface area contributed by atoms with Crippen LogP contribution in [0.1, 0.15) is 11.3 Å². The van der Waals surface area contributed by atoms with E-state index >= 15 is 0 Å². The number of benzene rings is 2. The summed E-state index contributed by atoms with van der Waals surface area (Å²) in [5.41, 5.74) is 4.59. The number of piperazine rings is 1. The molecule has 0 spiro atoms. The molecule has 5 heteroatoms. The Kier molecular flexibility index (Phi) is 5.32. The molecular weight excluding hydrogens is 402 g/mol. The van der Waals surface area contributed by atoms with Crippen molar-refractivity contribution in [1.29, 1.82) is 0 Å². The Morgan fingerprint density at radius 2 is 1.85 bits per heavy atom. The van der Waals surface area contributed by atoms with Gasteiger partial charge in [-0.1, -0.05) is 22.0 Å². The SMILES string of the molecule is Cc1ccc2c(N3CCN(CCc4cc(O)cc(Br)c4)CC3)cccc2n1. The van der Waals surface area contributed by atoms with Crippen LogP contribution in [-0.4, -0.2) is 47.7 Å². The molecule has 1 aromatic heterocycles. The smallest absolute Gasteiger partial charge is 0.116 e. The van der Waals surface area contributed by atoms with Crippen LogP contribution in [0.5, 0.6) is 5.75 Å². The number of aromatic nitrogens is 1.